The molecular weight excluding hydrogens is 561 g/mol. The van der Waals surface area contributed by atoms with Crippen molar-refractivity contribution in [2.45, 2.75) is 73.6 Å². The lowest BCUT2D eigenvalue weighted by Gasteiger charge is -2.49. The third-order valence-electron chi connectivity index (χ3n) is 9.43. The van der Waals surface area contributed by atoms with Crippen LogP contribution in [0.3, 0.4) is 0 Å². The zero-order chi connectivity index (χ0) is 30.1. The Hall–Kier alpha value is -2.55. The quantitative estimate of drug-likeness (QED) is 0.188. The zero-order valence-electron chi connectivity index (χ0n) is 25.5. The van der Waals surface area contributed by atoms with Crippen LogP contribution >= 0.6 is 0 Å². The lowest BCUT2D eigenvalue weighted by molar-refractivity contribution is -0.150. The van der Waals surface area contributed by atoms with Crippen LogP contribution in [0.25, 0.3) is 0 Å². The van der Waals surface area contributed by atoms with E-state index in [1.807, 2.05) is 60.7 Å². The molecule has 0 amide bonds. The van der Waals surface area contributed by atoms with Gasteiger partial charge in [0.05, 0.1) is 18.1 Å². The standard InChI is InChI=1S/C35H44O5SSi/c1-33(2,3)42(4,5)40-27-31-26-35(38-21-22-39-35)30(23-28-15-9-6-10-16-28)25-34(31,24-29-17-11-7-12-18-29)41(36,37)32-19-13-8-14-20-32/h6-20,25,31H,21-24,26-27H2,1-5H3/t31-,34+/m1/s1. The van der Waals surface area contributed by atoms with E-state index in [2.05, 4.69) is 46.0 Å². The van der Waals surface area contributed by atoms with E-state index in [0.29, 0.717) is 44.0 Å². The van der Waals surface area contributed by atoms with Gasteiger partial charge in [0.15, 0.2) is 23.9 Å². The number of benzene rings is 3. The molecule has 1 spiro atoms. The Labute approximate surface area is 253 Å². The molecule has 7 heteroatoms. The van der Waals surface area contributed by atoms with E-state index in [4.69, 9.17) is 13.9 Å². The van der Waals surface area contributed by atoms with Gasteiger partial charge in [-0.25, -0.2) is 8.42 Å². The third kappa shape index (κ3) is 5.95. The molecule has 1 aliphatic heterocycles. The highest BCUT2D eigenvalue weighted by atomic mass is 32.2. The third-order valence-corrected chi connectivity index (χ3v) is 16.4. The summed E-state index contributed by atoms with van der Waals surface area (Å²) in [6.45, 7) is 12.3. The fourth-order valence-corrected chi connectivity index (χ4v) is 9.21. The first-order chi connectivity index (χ1) is 19.9. The highest BCUT2D eigenvalue weighted by molar-refractivity contribution is 7.93. The molecule has 0 saturated carbocycles. The summed E-state index contributed by atoms with van der Waals surface area (Å²) < 4.78 is 48.6. The molecule has 42 heavy (non-hydrogen) atoms. The second-order valence-electron chi connectivity index (χ2n) is 13.2. The second kappa shape index (κ2) is 11.9. The van der Waals surface area contributed by atoms with Crippen LogP contribution in [-0.2, 0) is 36.6 Å². The molecule has 2 aliphatic rings. The largest absolute Gasteiger partial charge is 0.416 e. The molecule has 1 fully saturated rings. The fraction of sp³-hybridized carbons (Fsp3) is 0.429. The van der Waals surface area contributed by atoms with Crippen molar-refractivity contribution in [3.63, 3.8) is 0 Å². The molecule has 224 valence electrons. The summed E-state index contributed by atoms with van der Waals surface area (Å²) in [4.78, 5) is 0.317. The Morgan fingerprint density at radius 1 is 0.833 bits per heavy atom. The Balaban J connectivity index is 1.73. The molecular formula is C35H44O5SSi. The predicted octanol–water partition coefficient (Wildman–Crippen LogP) is 7.40. The van der Waals surface area contributed by atoms with Crippen molar-refractivity contribution in [3.05, 3.63) is 114 Å². The van der Waals surface area contributed by atoms with Crippen LogP contribution < -0.4 is 0 Å². The molecule has 0 unspecified atom stereocenters. The van der Waals surface area contributed by atoms with Gasteiger partial charge in [-0.1, -0.05) is 106 Å². The second-order valence-corrected chi connectivity index (χ2v) is 20.2. The van der Waals surface area contributed by atoms with E-state index >= 15 is 8.42 Å². The summed E-state index contributed by atoms with van der Waals surface area (Å²) in [7, 11) is -6.11. The van der Waals surface area contributed by atoms with Gasteiger partial charge in [0.2, 0.25) is 0 Å². The number of ether oxygens (including phenoxy) is 2. The highest BCUT2D eigenvalue weighted by Gasteiger charge is 2.59. The van der Waals surface area contributed by atoms with Gasteiger partial charge in [0, 0.05) is 18.9 Å². The minimum atomic E-state index is -3.90. The van der Waals surface area contributed by atoms with Gasteiger partial charge in [0.25, 0.3) is 0 Å². The number of rotatable bonds is 9. The summed E-state index contributed by atoms with van der Waals surface area (Å²) in [6, 6.07) is 29.0. The van der Waals surface area contributed by atoms with Crippen LogP contribution in [0.5, 0.6) is 0 Å². The van der Waals surface area contributed by atoms with Gasteiger partial charge >= 0.3 is 0 Å². The van der Waals surface area contributed by atoms with Crippen molar-refractivity contribution in [3.8, 4) is 0 Å². The predicted molar refractivity (Wildman–Crippen MR) is 171 cm³/mol. The molecule has 2 atom stereocenters. The minimum Gasteiger partial charge on any atom is -0.416 e. The Morgan fingerprint density at radius 2 is 1.36 bits per heavy atom. The highest BCUT2D eigenvalue weighted by Crippen LogP contribution is 2.51. The SMILES string of the molecule is CC(C)(C)[Si](C)(C)OC[C@H]1CC2(OCCO2)C(Cc2ccccc2)=C[C@]1(Cc1ccccc1)S(=O)(=O)c1ccccc1. The summed E-state index contributed by atoms with van der Waals surface area (Å²) in [5.41, 5.74) is 2.92. The van der Waals surface area contributed by atoms with E-state index in [0.717, 1.165) is 16.7 Å². The Morgan fingerprint density at radius 3 is 1.90 bits per heavy atom. The zero-order valence-corrected chi connectivity index (χ0v) is 27.3. The maximum atomic E-state index is 15.1. The van der Waals surface area contributed by atoms with E-state index in [9.17, 15) is 0 Å². The van der Waals surface area contributed by atoms with Crippen molar-refractivity contribution in [1.29, 1.82) is 0 Å². The first-order valence-corrected chi connectivity index (χ1v) is 19.3. The van der Waals surface area contributed by atoms with E-state index in [1.165, 1.54) is 0 Å². The monoisotopic (exact) mass is 604 g/mol. The molecule has 0 aromatic heterocycles. The fourth-order valence-electron chi connectivity index (χ4n) is 5.96. The summed E-state index contributed by atoms with van der Waals surface area (Å²) in [5.74, 6) is -1.39. The number of hydrogen-bond acceptors (Lipinski definition) is 5. The van der Waals surface area contributed by atoms with Gasteiger partial charge in [-0.3, -0.25) is 0 Å². The van der Waals surface area contributed by atoms with Crippen LogP contribution in [0.4, 0.5) is 0 Å². The summed E-state index contributed by atoms with van der Waals surface area (Å²) in [6.07, 6.45) is 3.27. The molecule has 1 saturated heterocycles. The minimum absolute atomic E-state index is 0.0194. The van der Waals surface area contributed by atoms with Crippen LogP contribution in [-0.4, -0.2) is 47.1 Å². The topological polar surface area (TPSA) is 61.8 Å². The number of sulfone groups is 1. The van der Waals surface area contributed by atoms with Gasteiger partial charge < -0.3 is 13.9 Å². The van der Waals surface area contributed by atoms with Crippen molar-refractivity contribution < 1.29 is 22.3 Å². The van der Waals surface area contributed by atoms with Crippen molar-refractivity contribution in [2.75, 3.05) is 19.8 Å². The molecule has 5 nitrogen and oxygen atoms in total. The van der Waals surface area contributed by atoms with Crippen molar-refractivity contribution in [1.82, 2.24) is 0 Å². The van der Waals surface area contributed by atoms with Gasteiger partial charge in [0.1, 0.15) is 4.75 Å². The van der Waals surface area contributed by atoms with Gasteiger partial charge in [-0.15, -0.1) is 0 Å². The first-order valence-electron chi connectivity index (χ1n) is 14.9. The normalized spacial score (nSPS) is 22.7. The van der Waals surface area contributed by atoms with Crippen LogP contribution in [0.1, 0.15) is 38.3 Å². The maximum absolute atomic E-state index is 15.1. The van der Waals surface area contributed by atoms with E-state index < -0.39 is 34.6 Å². The smallest absolute Gasteiger partial charge is 0.191 e. The van der Waals surface area contributed by atoms with Gasteiger partial charge in [-0.05, 0) is 59.8 Å². The average Bonchev–Trinajstić information content (AvgIpc) is 3.44. The molecule has 0 N–H and O–H groups in total. The van der Waals surface area contributed by atoms with Gasteiger partial charge in [-0.2, -0.15) is 0 Å². The number of hydrogen-bond donors (Lipinski definition) is 0. The van der Waals surface area contributed by atoms with Crippen LogP contribution in [0, 0.1) is 5.92 Å². The summed E-state index contributed by atoms with van der Waals surface area (Å²) >= 11 is 0. The molecule has 0 radical (unpaired) electrons. The van der Waals surface area contributed by atoms with E-state index in [1.54, 1.807) is 24.3 Å². The average molecular weight is 605 g/mol. The van der Waals surface area contributed by atoms with E-state index in [-0.39, 0.29) is 5.04 Å². The molecule has 1 heterocycles. The molecule has 0 bridgehead atoms. The van der Waals surface area contributed by atoms with Crippen LogP contribution in [0.2, 0.25) is 18.1 Å². The van der Waals surface area contributed by atoms with Crippen molar-refractivity contribution in [2.24, 2.45) is 5.92 Å². The molecule has 3 aromatic rings. The molecule has 1 aliphatic carbocycles. The van der Waals surface area contributed by atoms with Crippen LogP contribution in [0.15, 0.2) is 108 Å². The first kappa shape index (κ1) is 30.9. The molecule has 3 aromatic carbocycles. The van der Waals surface area contributed by atoms with Crippen molar-refractivity contribution >= 4 is 18.2 Å². The Bertz CT molecular complexity index is 1470. The Kier molecular flexibility index (Phi) is 8.72. The summed E-state index contributed by atoms with van der Waals surface area (Å²) in [5, 5.41) is -0.0194. The lowest BCUT2D eigenvalue weighted by Crippen LogP contribution is -2.57. The maximum Gasteiger partial charge on any atom is 0.191 e. The lowest BCUT2D eigenvalue weighted by atomic mass is 9.73. The molecule has 5 rings (SSSR count).